The molecule has 4 aromatic rings. The number of imidazole rings is 1. The van der Waals surface area contributed by atoms with Crippen LogP contribution in [0.3, 0.4) is 0 Å². The van der Waals surface area contributed by atoms with Crippen molar-refractivity contribution in [1.29, 1.82) is 0 Å². The van der Waals surface area contributed by atoms with Gasteiger partial charge in [-0.1, -0.05) is 29.8 Å². The third-order valence-corrected chi connectivity index (χ3v) is 6.58. The molecule has 2 aromatic carbocycles. The monoisotopic (exact) mass is 447 g/mol. The van der Waals surface area contributed by atoms with E-state index in [1.165, 1.54) is 5.69 Å². The number of hydrogen-bond donors (Lipinski definition) is 2. The van der Waals surface area contributed by atoms with E-state index in [1.807, 2.05) is 31.2 Å². The molecule has 0 radical (unpaired) electrons. The second kappa shape index (κ2) is 8.11. The summed E-state index contributed by atoms with van der Waals surface area (Å²) in [6, 6.07) is 13.9. The maximum atomic E-state index is 12.5. The topological polar surface area (TPSA) is 68.0 Å². The van der Waals surface area contributed by atoms with Crippen molar-refractivity contribution in [1.82, 2.24) is 19.9 Å². The van der Waals surface area contributed by atoms with Crippen molar-refractivity contribution in [3.05, 3.63) is 58.7 Å². The fourth-order valence-corrected chi connectivity index (χ4v) is 4.78. The Morgan fingerprint density at radius 2 is 1.81 bits per heavy atom. The molecule has 32 heavy (non-hydrogen) atoms. The van der Waals surface area contributed by atoms with Crippen LogP contribution in [0, 0.1) is 6.92 Å². The predicted octanol–water partition coefficient (Wildman–Crippen LogP) is 5.14. The largest absolute Gasteiger partial charge is 0.369 e. The van der Waals surface area contributed by atoms with E-state index in [-0.39, 0.29) is 5.78 Å². The fourth-order valence-electron chi connectivity index (χ4n) is 4.55. The zero-order chi connectivity index (χ0) is 22.4. The zero-order valence-corrected chi connectivity index (χ0v) is 19.3. The minimum atomic E-state index is -0.00613. The second-order valence-electron chi connectivity index (χ2n) is 8.49. The quantitative estimate of drug-likeness (QED) is 0.425. The van der Waals surface area contributed by atoms with E-state index in [2.05, 4.69) is 45.0 Å². The van der Waals surface area contributed by atoms with E-state index in [0.29, 0.717) is 16.4 Å². The van der Waals surface area contributed by atoms with Gasteiger partial charge in [-0.3, -0.25) is 4.79 Å². The van der Waals surface area contributed by atoms with Crippen molar-refractivity contribution >= 4 is 34.1 Å². The van der Waals surface area contributed by atoms with Gasteiger partial charge in [-0.25, -0.2) is 4.98 Å². The molecule has 0 atom stereocenters. The number of H-pyrrole nitrogens is 2. The molecule has 0 saturated carbocycles. The Morgan fingerprint density at radius 3 is 2.53 bits per heavy atom. The van der Waals surface area contributed by atoms with Gasteiger partial charge >= 0.3 is 0 Å². The lowest BCUT2D eigenvalue weighted by Gasteiger charge is -2.34. The number of benzene rings is 2. The van der Waals surface area contributed by atoms with E-state index >= 15 is 0 Å². The number of aromatic amines is 2. The number of ketones is 1. The number of aryl methyl sites for hydroxylation is 1. The number of nitrogens with one attached hydrogen (secondary N) is 2. The lowest BCUT2D eigenvalue weighted by atomic mass is 9.97. The highest BCUT2D eigenvalue weighted by Gasteiger charge is 2.24. The molecule has 2 aromatic heterocycles. The van der Waals surface area contributed by atoms with Crippen LogP contribution < -0.4 is 4.90 Å². The molecule has 0 spiro atoms. The van der Waals surface area contributed by atoms with E-state index in [0.717, 1.165) is 59.7 Å². The fraction of sp³-hybridized carbons (Fsp3) is 0.280. The first-order chi connectivity index (χ1) is 15.4. The third kappa shape index (κ3) is 3.59. The standard InChI is InChI=1S/C25H26ClN5O/c1-15-22(16(2)32)23(18-6-4-5-7-19(18)26)24(27-15)25-28-20-9-8-17(14-21(20)29-25)31-12-10-30(3)11-13-31/h4-9,14,27H,10-13H2,1-3H3,(H,28,29). The molecule has 1 aliphatic rings. The van der Waals surface area contributed by atoms with Crippen LogP contribution in [0.4, 0.5) is 5.69 Å². The first kappa shape index (κ1) is 20.8. The van der Waals surface area contributed by atoms with Gasteiger partial charge in [0, 0.05) is 59.3 Å². The molecule has 3 heterocycles. The molecule has 164 valence electrons. The summed E-state index contributed by atoms with van der Waals surface area (Å²) >= 11 is 6.54. The van der Waals surface area contributed by atoms with E-state index in [9.17, 15) is 4.79 Å². The third-order valence-electron chi connectivity index (χ3n) is 6.25. The van der Waals surface area contributed by atoms with Gasteiger partial charge in [-0.2, -0.15) is 0 Å². The van der Waals surface area contributed by atoms with E-state index in [4.69, 9.17) is 16.6 Å². The van der Waals surface area contributed by atoms with Crippen molar-refractivity contribution in [3.8, 4) is 22.6 Å². The highest BCUT2D eigenvalue weighted by atomic mass is 35.5. The highest BCUT2D eigenvalue weighted by Crippen LogP contribution is 2.39. The number of halogens is 1. The predicted molar refractivity (Wildman–Crippen MR) is 131 cm³/mol. The summed E-state index contributed by atoms with van der Waals surface area (Å²) in [4.78, 5) is 29.0. The Morgan fingerprint density at radius 1 is 1.06 bits per heavy atom. The SMILES string of the molecule is CC(=O)c1c(C)[nH]c(-c2nc3ccc(N4CCN(C)CC4)cc3[nH]2)c1-c1ccccc1Cl. The van der Waals surface area contributed by atoms with Crippen LogP contribution in [-0.4, -0.2) is 58.9 Å². The highest BCUT2D eigenvalue weighted by molar-refractivity contribution is 6.33. The summed E-state index contributed by atoms with van der Waals surface area (Å²) in [5.74, 6) is 0.689. The number of anilines is 1. The molecular weight excluding hydrogens is 422 g/mol. The number of piperazine rings is 1. The number of hydrogen-bond acceptors (Lipinski definition) is 4. The number of aromatic nitrogens is 3. The van der Waals surface area contributed by atoms with Crippen LogP contribution in [0.1, 0.15) is 23.0 Å². The van der Waals surface area contributed by atoms with Gasteiger partial charge in [-0.05, 0) is 45.2 Å². The van der Waals surface area contributed by atoms with Gasteiger partial charge in [0.2, 0.25) is 0 Å². The number of likely N-dealkylation sites (N-methyl/N-ethyl adjacent to an activating group) is 1. The van der Waals surface area contributed by atoms with Gasteiger partial charge in [0.1, 0.15) is 0 Å². The van der Waals surface area contributed by atoms with Crippen molar-refractivity contribution < 1.29 is 4.79 Å². The molecule has 0 bridgehead atoms. The Labute approximate surface area is 192 Å². The Bertz CT molecular complexity index is 1310. The average Bonchev–Trinajstić information content (AvgIpc) is 3.35. The summed E-state index contributed by atoms with van der Waals surface area (Å²) in [5, 5.41) is 0.601. The molecule has 1 aliphatic heterocycles. The maximum absolute atomic E-state index is 12.5. The molecular formula is C25H26ClN5O. The minimum Gasteiger partial charge on any atom is -0.369 e. The molecule has 7 heteroatoms. The van der Waals surface area contributed by atoms with E-state index in [1.54, 1.807) is 6.92 Å². The zero-order valence-electron chi connectivity index (χ0n) is 18.5. The average molecular weight is 448 g/mol. The number of nitrogens with zero attached hydrogens (tertiary/aromatic N) is 3. The van der Waals surface area contributed by atoms with Gasteiger partial charge in [-0.15, -0.1) is 0 Å². The number of Topliss-reactive ketones (excluding diaryl/α,β-unsaturated/α-hetero) is 1. The molecule has 0 amide bonds. The van der Waals surface area contributed by atoms with Gasteiger partial charge in [0.25, 0.3) is 0 Å². The van der Waals surface area contributed by atoms with Crippen LogP contribution in [0.5, 0.6) is 0 Å². The summed E-state index contributed by atoms with van der Waals surface area (Å²) in [6.07, 6.45) is 0. The van der Waals surface area contributed by atoms with Crippen LogP contribution in [-0.2, 0) is 0 Å². The maximum Gasteiger partial charge on any atom is 0.162 e. The van der Waals surface area contributed by atoms with Crippen LogP contribution >= 0.6 is 11.6 Å². The van der Waals surface area contributed by atoms with Crippen LogP contribution in [0.15, 0.2) is 42.5 Å². The smallest absolute Gasteiger partial charge is 0.162 e. The summed E-state index contributed by atoms with van der Waals surface area (Å²) in [7, 11) is 2.16. The van der Waals surface area contributed by atoms with Crippen molar-refractivity contribution in [2.24, 2.45) is 0 Å². The van der Waals surface area contributed by atoms with Crippen LogP contribution in [0.25, 0.3) is 33.7 Å². The lowest BCUT2D eigenvalue weighted by molar-refractivity contribution is 0.101. The minimum absolute atomic E-state index is 0.00613. The number of fused-ring (bicyclic) bond motifs is 1. The van der Waals surface area contributed by atoms with Gasteiger partial charge in [0.05, 0.1) is 16.7 Å². The normalized spacial score (nSPS) is 14.9. The van der Waals surface area contributed by atoms with Crippen molar-refractivity contribution in [2.45, 2.75) is 13.8 Å². The molecule has 6 nitrogen and oxygen atoms in total. The second-order valence-corrected chi connectivity index (χ2v) is 8.90. The summed E-state index contributed by atoms with van der Waals surface area (Å²) < 4.78 is 0. The summed E-state index contributed by atoms with van der Waals surface area (Å²) in [6.45, 7) is 7.64. The Kier molecular flexibility index (Phi) is 5.27. The van der Waals surface area contributed by atoms with Crippen LogP contribution in [0.2, 0.25) is 5.02 Å². The van der Waals surface area contributed by atoms with Crippen molar-refractivity contribution in [2.75, 3.05) is 38.1 Å². The lowest BCUT2D eigenvalue weighted by Crippen LogP contribution is -2.44. The van der Waals surface area contributed by atoms with Gasteiger partial charge in [0.15, 0.2) is 11.6 Å². The first-order valence-corrected chi connectivity index (χ1v) is 11.2. The molecule has 0 aliphatic carbocycles. The van der Waals surface area contributed by atoms with E-state index < -0.39 is 0 Å². The molecule has 1 fully saturated rings. The Hall–Kier alpha value is -3.09. The summed E-state index contributed by atoms with van der Waals surface area (Å²) in [5.41, 5.74) is 6.89. The molecule has 0 unspecified atom stereocenters. The number of carbonyl (C=O) groups is 1. The Balaban J connectivity index is 1.62. The van der Waals surface area contributed by atoms with Crippen molar-refractivity contribution in [3.63, 3.8) is 0 Å². The molecule has 5 rings (SSSR count). The molecule has 2 N–H and O–H groups in total. The van der Waals surface area contributed by atoms with Gasteiger partial charge < -0.3 is 19.8 Å². The molecule has 1 saturated heterocycles. The number of rotatable bonds is 4. The first-order valence-electron chi connectivity index (χ1n) is 10.8. The number of carbonyl (C=O) groups excluding carboxylic acids is 1.